The fourth-order valence-corrected chi connectivity index (χ4v) is 2.53. The molecule has 1 heterocycles. The van der Waals surface area contributed by atoms with Crippen molar-refractivity contribution < 1.29 is 4.52 Å². The number of nitrogens with two attached hydrogens (primary N) is 1. The molecule has 1 aliphatic rings. The molecule has 0 aliphatic heterocycles. The van der Waals surface area contributed by atoms with Crippen LogP contribution in [0.15, 0.2) is 22.7 Å². The lowest BCUT2D eigenvalue weighted by atomic mass is 10.0. The van der Waals surface area contributed by atoms with Crippen LogP contribution in [0, 0.1) is 0 Å². The maximum atomic E-state index is 6.18. The van der Waals surface area contributed by atoms with Crippen molar-refractivity contribution >= 4 is 29.1 Å². The van der Waals surface area contributed by atoms with E-state index < -0.39 is 0 Å². The lowest BCUT2D eigenvalue weighted by Crippen LogP contribution is -1.91. The summed E-state index contributed by atoms with van der Waals surface area (Å²) in [5.74, 6) is 0.709. The first kappa shape index (κ1) is 10.9. The Morgan fingerprint density at radius 2 is 1.82 bits per heavy atom. The van der Waals surface area contributed by atoms with Gasteiger partial charge in [-0.3, -0.25) is 0 Å². The molecule has 0 atom stereocenters. The van der Waals surface area contributed by atoms with E-state index in [1.165, 1.54) is 0 Å². The summed E-state index contributed by atoms with van der Waals surface area (Å²) in [7, 11) is 0. The van der Waals surface area contributed by atoms with Crippen molar-refractivity contribution in [3.63, 3.8) is 0 Å². The number of hydrogen-bond acceptors (Lipinski definition) is 3. The summed E-state index contributed by atoms with van der Waals surface area (Å²) in [5.41, 5.74) is 8.17. The zero-order valence-electron chi connectivity index (χ0n) is 8.91. The molecule has 0 unspecified atom stereocenters. The second-order valence-corrected chi connectivity index (χ2v) is 4.99. The molecule has 0 radical (unpaired) electrons. The predicted molar refractivity (Wildman–Crippen MR) is 68.3 cm³/mol. The normalized spacial score (nSPS) is 15.2. The largest absolute Gasteiger partial charge is 0.367 e. The molecular formula is C12H10Cl2N2O. The van der Waals surface area contributed by atoms with Crippen LogP contribution in [0.2, 0.25) is 10.0 Å². The SMILES string of the molecule is Nc1onc(C2CC2)c1-c1c(Cl)cccc1Cl. The first-order valence-corrected chi connectivity index (χ1v) is 6.13. The quantitative estimate of drug-likeness (QED) is 0.892. The van der Waals surface area contributed by atoms with E-state index in [1.54, 1.807) is 18.2 Å². The molecule has 17 heavy (non-hydrogen) atoms. The van der Waals surface area contributed by atoms with Crippen molar-refractivity contribution in [1.29, 1.82) is 0 Å². The van der Waals surface area contributed by atoms with E-state index in [0.29, 0.717) is 16.0 Å². The van der Waals surface area contributed by atoms with Crippen LogP contribution in [0.4, 0.5) is 5.88 Å². The van der Waals surface area contributed by atoms with Gasteiger partial charge in [0.25, 0.3) is 0 Å². The molecule has 1 saturated carbocycles. The third-order valence-electron chi connectivity index (χ3n) is 2.92. The van der Waals surface area contributed by atoms with Crippen molar-refractivity contribution in [2.24, 2.45) is 0 Å². The number of nitrogens with zero attached hydrogens (tertiary/aromatic N) is 1. The highest BCUT2D eigenvalue weighted by Gasteiger charge is 2.32. The van der Waals surface area contributed by atoms with E-state index in [1.807, 2.05) is 0 Å². The fourth-order valence-electron chi connectivity index (χ4n) is 1.94. The Labute approximate surface area is 108 Å². The third-order valence-corrected chi connectivity index (χ3v) is 3.55. The molecule has 1 aromatic heterocycles. The van der Waals surface area contributed by atoms with Crippen LogP contribution < -0.4 is 5.73 Å². The number of benzene rings is 1. The maximum Gasteiger partial charge on any atom is 0.230 e. The lowest BCUT2D eigenvalue weighted by molar-refractivity contribution is 0.428. The summed E-state index contributed by atoms with van der Waals surface area (Å²) in [6.07, 6.45) is 2.22. The van der Waals surface area contributed by atoms with Crippen molar-refractivity contribution in [3.05, 3.63) is 33.9 Å². The molecule has 88 valence electrons. The van der Waals surface area contributed by atoms with Gasteiger partial charge in [0.15, 0.2) is 0 Å². The minimum Gasteiger partial charge on any atom is -0.367 e. The summed E-state index contributed by atoms with van der Waals surface area (Å²) in [5, 5.41) is 5.15. The summed E-state index contributed by atoms with van der Waals surface area (Å²) < 4.78 is 5.07. The van der Waals surface area contributed by atoms with E-state index >= 15 is 0 Å². The Morgan fingerprint density at radius 1 is 1.18 bits per heavy atom. The van der Waals surface area contributed by atoms with Crippen LogP contribution in [0.5, 0.6) is 0 Å². The van der Waals surface area contributed by atoms with Gasteiger partial charge < -0.3 is 10.3 Å². The Kier molecular flexibility index (Phi) is 2.53. The highest BCUT2D eigenvalue weighted by Crippen LogP contribution is 2.48. The average Bonchev–Trinajstić information content (AvgIpc) is 3.05. The van der Waals surface area contributed by atoms with Crippen LogP contribution in [-0.4, -0.2) is 5.16 Å². The molecule has 1 aliphatic carbocycles. The monoisotopic (exact) mass is 268 g/mol. The van der Waals surface area contributed by atoms with Crippen LogP contribution in [0.25, 0.3) is 11.1 Å². The first-order chi connectivity index (χ1) is 8.18. The van der Waals surface area contributed by atoms with Gasteiger partial charge in [0.1, 0.15) is 0 Å². The molecule has 2 aromatic rings. The van der Waals surface area contributed by atoms with Gasteiger partial charge in [0.05, 0.1) is 21.3 Å². The molecule has 0 saturated heterocycles. The van der Waals surface area contributed by atoms with E-state index in [-0.39, 0.29) is 5.88 Å². The molecule has 0 bridgehead atoms. The molecule has 0 amide bonds. The molecule has 5 heteroatoms. The topological polar surface area (TPSA) is 52.0 Å². The summed E-state index contributed by atoms with van der Waals surface area (Å²) in [6, 6.07) is 5.37. The van der Waals surface area contributed by atoms with E-state index in [4.69, 9.17) is 33.5 Å². The van der Waals surface area contributed by atoms with Gasteiger partial charge in [0.2, 0.25) is 5.88 Å². The minimum absolute atomic E-state index is 0.280. The molecule has 2 N–H and O–H groups in total. The van der Waals surface area contributed by atoms with Crippen molar-refractivity contribution in [1.82, 2.24) is 5.16 Å². The molecule has 3 nitrogen and oxygen atoms in total. The summed E-state index contributed by atoms with van der Waals surface area (Å²) in [4.78, 5) is 0. The zero-order chi connectivity index (χ0) is 12.0. The molecule has 0 spiro atoms. The van der Waals surface area contributed by atoms with Gasteiger partial charge >= 0.3 is 0 Å². The lowest BCUT2D eigenvalue weighted by Gasteiger charge is -2.06. The molecule has 1 aromatic carbocycles. The Bertz CT molecular complexity index is 556. The van der Waals surface area contributed by atoms with Gasteiger partial charge in [-0.1, -0.05) is 34.4 Å². The molecule has 3 rings (SSSR count). The van der Waals surface area contributed by atoms with E-state index in [2.05, 4.69) is 5.16 Å². The highest BCUT2D eigenvalue weighted by molar-refractivity contribution is 6.39. The standard InChI is InChI=1S/C12H10Cl2N2O/c13-7-2-1-3-8(14)9(7)10-11(6-4-5-6)16-17-12(10)15/h1-3,6H,4-5,15H2. The average molecular weight is 269 g/mol. The number of halogens is 2. The smallest absolute Gasteiger partial charge is 0.230 e. The van der Waals surface area contributed by atoms with Crippen molar-refractivity contribution in [3.8, 4) is 11.1 Å². The number of rotatable bonds is 2. The van der Waals surface area contributed by atoms with Gasteiger partial charge in [-0.05, 0) is 25.0 Å². The molecule has 1 fully saturated rings. The van der Waals surface area contributed by atoms with Gasteiger partial charge in [-0.25, -0.2) is 0 Å². The zero-order valence-corrected chi connectivity index (χ0v) is 10.4. The van der Waals surface area contributed by atoms with Gasteiger partial charge in [0, 0.05) is 11.5 Å². The van der Waals surface area contributed by atoms with Crippen LogP contribution in [0.3, 0.4) is 0 Å². The first-order valence-electron chi connectivity index (χ1n) is 5.38. The Balaban J connectivity index is 2.24. The van der Waals surface area contributed by atoms with Crippen molar-refractivity contribution in [2.45, 2.75) is 18.8 Å². The Morgan fingerprint density at radius 3 is 2.41 bits per heavy atom. The minimum atomic E-state index is 0.280. The second-order valence-electron chi connectivity index (χ2n) is 4.18. The van der Waals surface area contributed by atoms with Crippen LogP contribution in [0.1, 0.15) is 24.5 Å². The molecular weight excluding hydrogens is 259 g/mol. The van der Waals surface area contributed by atoms with Crippen LogP contribution >= 0.6 is 23.2 Å². The van der Waals surface area contributed by atoms with Gasteiger partial charge in [-0.2, -0.15) is 0 Å². The van der Waals surface area contributed by atoms with Crippen LogP contribution in [-0.2, 0) is 0 Å². The Hall–Kier alpha value is -1.19. The maximum absolute atomic E-state index is 6.18. The summed E-state index contributed by atoms with van der Waals surface area (Å²) in [6.45, 7) is 0. The van der Waals surface area contributed by atoms with E-state index in [0.717, 1.165) is 29.7 Å². The number of anilines is 1. The third kappa shape index (κ3) is 1.79. The predicted octanol–water partition coefficient (Wildman–Crippen LogP) is 4.11. The van der Waals surface area contributed by atoms with Gasteiger partial charge in [-0.15, -0.1) is 0 Å². The highest BCUT2D eigenvalue weighted by atomic mass is 35.5. The number of aromatic nitrogens is 1. The van der Waals surface area contributed by atoms with E-state index in [9.17, 15) is 0 Å². The number of nitrogen functional groups attached to an aromatic ring is 1. The number of hydrogen-bond donors (Lipinski definition) is 1. The second kappa shape index (κ2) is 3.93. The fraction of sp³-hybridized carbons (Fsp3) is 0.250. The summed E-state index contributed by atoms with van der Waals surface area (Å²) >= 11 is 12.4. The van der Waals surface area contributed by atoms with Crippen molar-refractivity contribution in [2.75, 3.05) is 5.73 Å².